The second-order valence-corrected chi connectivity index (χ2v) is 7.20. The fraction of sp³-hybridized carbons (Fsp3) is 0.550. The molecule has 0 bridgehead atoms. The van der Waals surface area contributed by atoms with E-state index in [1.54, 1.807) is 0 Å². The molecule has 0 amide bonds. The number of likely N-dealkylation sites (tertiary alicyclic amines) is 1. The van der Waals surface area contributed by atoms with Crippen molar-refractivity contribution >= 4 is 0 Å². The normalized spacial score (nSPS) is 16.6. The van der Waals surface area contributed by atoms with Gasteiger partial charge in [0.2, 0.25) is 0 Å². The largest absolute Gasteiger partial charge is 0.396 e. The van der Waals surface area contributed by atoms with Gasteiger partial charge in [-0.25, -0.2) is 0 Å². The van der Waals surface area contributed by atoms with Crippen molar-refractivity contribution in [3.8, 4) is 11.3 Å². The van der Waals surface area contributed by atoms with Crippen molar-refractivity contribution in [1.29, 1.82) is 0 Å². The second-order valence-electron chi connectivity index (χ2n) is 7.20. The van der Waals surface area contributed by atoms with Crippen LogP contribution >= 0.6 is 0 Å². The lowest BCUT2D eigenvalue weighted by molar-refractivity contribution is 0.117. The third-order valence-corrected chi connectivity index (χ3v) is 5.30. The van der Waals surface area contributed by atoms with E-state index in [0.29, 0.717) is 6.04 Å². The molecule has 1 aromatic carbocycles. The highest BCUT2D eigenvalue weighted by Crippen LogP contribution is 2.24. The van der Waals surface area contributed by atoms with Gasteiger partial charge in [-0.1, -0.05) is 29.8 Å². The highest BCUT2D eigenvalue weighted by atomic mass is 16.3. The molecule has 136 valence electrons. The minimum atomic E-state index is 0.283. The van der Waals surface area contributed by atoms with E-state index >= 15 is 0 Å². The third-order valence-electron chi connectivity index (χ3n) is 5.30. The van der Waals surface area contributed by atoms with Crippen LogP contribution in [0.5, 0.6) is 0 Å². The van der Waals surface area contributed by atoms with Gasteiger partial charge in [-0.2, -0.15) is 5.10 Å². The molecule has 1 fully saturated rings. The summed E-state index contributed by atoms with van der Waals surface area (Å²) >= 11 is 0. The third kappa shape index (κ3) is 4.69. The summed E-state index contributed by atoms with van der Waals surface area (Å²) in [6.07, 6.45) is 5.22. The van der Waals surface area contributed by atoms with Crippen LogP contribution in [0.15, 0.2) is 30.5 Å². The Labute approximate surface area is 150 Å². The number of aryl methyl sites for hydroxylation is 1. The predicted molar refractivity (Wildman–Crippen MR) is 101 cm³/mol. The lowest BCUT2D eigenvalue weighted by Crippen LogP contribution is -2.43. The Hall–Kier alpha value is -1.69. The standard InChI is InChI=1S/C20H30N4O/c1-16-4-6-17(7-5-16)20-18(14-21-22-20)15-24-11-8-19(9-12-24)23(2)10-3-13-25/h4-7,14,19,25H,3,8-13,15H2,1-2H3,(H,21,22). The number of nitrogens with zero attached hydrogens (tertiary/aromatic N) is 3. The molecule has 0 unspecified atom stereocenters. The first kappa shape index (κ1) is 18.1. The Balaban J connectivity index is 1.56. The molecule has 0 atom stereocenters. The first-order valence-electron chi connectivity index (χ1n) is 9.30. The number of benzene rings is 1. The monoisotopic (exact) mass is 342 g/mol. The van der Waals surface area contributed by atoms with E-state index in [1.807, 2.05) is 6.20 Å². The van der Waals surface area contributed by atoms with E-state index in [0.717, 1.165) is 38.3 Å². The highest BCUT2D eigenvalue weighted by Gasteiger charge is 2.23. The van der Waals surface area contributed by atoms with Crippen molar-refractivity contribution in [1.82, 2.24) is 20.0 Å². The molecule has 0 aliphatic carbocycles. The molecule has 0 radical (unpaired) electrons. The molecule has 5 heteroatoms. The lowest BCUT2D eigenvalue weighted by Gasteiger charge is -2.36. The molecule has 1 saturated heterocycles. The van der Waals surface area contributed by atoms with Gasteiger partial charge in [-0.05, 0) is 51.9 Å². The van der Waals surface area contributed by atoms with Crippen molar-refractivity contribution in [3.63, 3.8) is 0 Å². The van der Waals surface area contributed by atoms with Gasteiger partial charge >= 0.3 is 0 Å². The maximum Gasteiger partial charge on any atom is 0.0695 e. The molecule has 3 rings (SSSR count). The Bertz CT molecular complexity index is 644. The summed E-state index contributed by atoms with van der Waals surface area (Å²) in [6.45, 7) is 6.57. The number of H-pyrrole nitrogens is 1. The Morgan fingerprint density at radius 3 is 2.64 bits per heavy atom. The number of aliphatic hydroxyl groups is 1. The quantitative estimate of drug-likeness (QED) is 0.812. The van der Waals surface area contributed by atoms with Crippen LogP contribution in [0.4, 0.5) is 0 Å². The van der Waals surface area contributed by atoms with Gasteiger partial charge in [-0.3, -0.25) is 10.00 Å². The Morgan fingerprint density at radius 1 is 1.24 bits per heavy atom. The fourth-order valence-corrected chi connectivity index (χ4v) is 3.66. The number of hydrogen-bond donors (Lipinski definition) is 2. The molecular weight excluding hydrogens is 312 g/mol. The molecule has 2 aromatic rings. The van der Waals surface area contributed by atoms with Crippen LogP contribution in [0.1, 0.15) is 30.4 Å². The topological polar surface area (TPSA) is 55.4 Å². The van der Waals surface area contributed by atoms with Crippen LogP contribution < -0.4 is 0 Å². The molecule has 5 nitrogen and oxygen atoms in total. The molecule has 0 saturated carbocycles. The molecule has 25 heavy (non-hydrogen) atoms. The Morgan fingerprint density at radius 2 is 1.96 bits per heavy atom. The maximum atomic E-state index is 8.99. The highest BCUT2D eigenvalue weighted by molar-refractivity contribution is 5.62. The molecule has 2 heterocycles. The summed E-state index contributed by atoms with van der Waals surface area (Å²) in [6, 6.07) is 9.26. The van der Waals surface area contributed by atoms with Crippen LogP contribution in [-0.4, -0.2) is 64.4 Å². The minimum Gasteiger partial charge on any atom is -0.396 e. The SMILES string of the molecule is Cc1ccc(-c2[nH]ncc2CN2CCC(N(C)CCCO)CC2)cc1. The van der Waals surface area contributed by atoms with Crippen LogP contribution in [-0.2, 0) is 6.54 Å². The van der Waals surface area contributed by atoms with E-state index in [2.05, 4.69) is 58.2 Å². The molecule has 1 aliphatic rings. The van der Waals surface area contributed by atoms with Gasteiger partial charge in [0, 0.05) is 31.3 Å². The van der Waals surface area contributed by atoms with Crippen molar-refractivity contribution in [2.24, 2.45) is 0 Å². The zero-order chi connectivity index (χ0) is 17.6. The van der Waals surface area contributed by atoms with Crippen molar-refractivity contribution < 1.29 is 5.11 Å². The molecule has 1 aromatic heterocycles. The van der Waals surface area contributed by atoms with Crippen LogP contribution in [0, 0.1) is 6.92 Å². The first-order valence-corrected chi connectivity index (χ1v) is 9.30. The number of piperidine rings is 1. The van der Waals surface area contributed by atoms with Gasteiger partial charge in [0.05, 0.1) is 11.9 Å². The Kier molecular flexibility index (Phi) is 6.24. The summed E-state index contributed by atoms with van der Waals surface area (Å²) in [7, 11) is 2.18. The van der Waals surface area contributed by atoms with Gasteiger partial charge < -0.3 is 10.0 Å². The van der Waals surface area contributed by atoms with E-state index in [-0.39, 0.29) is 6.61 Å². The van der Waals surface area contributed by atoms with Gasteiger partial charge in [0.25, 0.3) is 0 Å². The second kappa shape index (κ2) is 8.61. The first-order chi connectivity index (χ1) is 12.2. The summed E-state index contributed by atoms with van der Waals surface area (Å²) in [5.41, 5.74) is 4.90. The molecular formula is C20H30N4O. The number of rotatable bonds is 7. The van der Waals surface area contributed by atoms with Crippen molar-refractivity contribution in [2.75, 3.05) is 33.3 Å². The molecule has 0 spiro atoms. The summed E-state index contributed by atoms with van der Waals surface area (Å²) in [4.78, 5) is 4.93. The minimum absolute atomic E-state index is 0.283. The van der Waals surface area contributed by atoms with Crippen molar-refractivity contribution in [2.45, 2.75) is 38.8 Å². The zero-order valence-electron chi connectivity index (χ0n) is 15.4. The van der Waals surface area contributed by atoms with Crippen molar-refractivity contribution in [3.05, 3.63) is 41.6 Å². The number of aromatic amines is 1. The van der Waals surface area contributed by atoms with Crippen LogP contribution in [0.3, 0.4) is 0 Å². The van der Waals surface area contributed by atoms with E-state index < -0.39 is 0 Å². The number of aliphatic hydroxyl groups excluding tert-OH is 1. The zero-order valence-corrected chi connectivity index (χ0v) is 15.4. The smallest absolute Gasteiger partial charge is 0.0695 e. The number of aromatic nitrogens is 2. The summed E-state index contributed by atoms with van der Waals surface area (Å²) in [5.74, 6) is 0. The summed E-state index contributed by atoms with van der Waals surface area (Å²) < 4.78 is 0. The lowest BCUT2D eigenvalue weighted by atomic mass is 10.0. The predicted octanol–water partition coefficient (Wildman–Crippen LogP) is 2.66. The number of nitrogens with one attached hydrogen (secondary N) is 1. The fourth-order valence-electron chi connectivity index (χ4n) is 3.66. The van der Waals surface area contributed by atoms with Gasteiger partial charge in [-0.15, -0.1) is 0 Å². The van der Waals surface area contributed by atoms with E-state index in [9.17, 15) is 0 Å². The average Bonchev–Trinajstić information content (AvgIpc) is 3.09. The summed E-state index contributed by atoms with van der Waals surface area (Å²) in [5, 5.41) is 16.4. The molecule has 1 aliphatic heterocycles. The van der Waals surface area contributed by atoms with Gasteiger partial charge in [0.1, 0.15) is 0 Å². The van der Waals surface area contributed by atoms with Gasteiger partial charge in [0.15, 0.2) is 0 Å². The maximum absolute atomic E-state index is 8.99. The van der Waals surface area contributed by atoms with E-state index in [1.165, 1.54) is 29.5 Å². The van der Waals surface area contributed by atoms with Crippen LogP contribution in [0.25, 0.3) is 11.3 Å². The molecule has 2 N–H and O–H groups in total. The average molecular weight is 342 g/mol. The van der Waals surface area contributed by atoms with E-state index in [4.69, 9.17) is 5.11 Å². The van der Waals surface area contributed by atoms with Crippen LogP contribution in [0.2, 0.25) is 0 Å². The number of hydrogen-bond acceptors (Lipinski definition) is 4.